The van der Waals surface area contributed by atoms with E-state index in [9.17, 15) is 18.8 Å². The summed E-state index contributed by atoms with van der Waals surface area (Å²) >= 11 is 5.85. The topological polar surface area (TPSA) is 66.9 Å². The molecule has 1 saturated heterocycles. The second-order valence-corrected chi connectivity index (χ2v) is 5.74. The van der Waals surface area contributed by atoms with E-state index >= 15 is 0 Å². The second kappa shape index (κ2) is 7.00. The number of benzene rings is 2. The van der Waals surface area contributed by atoms with Gasteiger partial charge in [-0.2, -0.15) is 0 Å². The van der Waals surface area contributed by atoms with Crippen LogP contribution in [0.4, 0.5) is 9.18 Å². The third kappa shape index (κ3) is 3.67. The summed E-state index contributed by atoms with van der Waals surface area (Å²) in [5, 5.41) is 0.881. The van der Waals surface area contributed by atoms with E-state index in [0.29, 0.717) is 26.1 Å². The Balaban J connectivity index is 1.71. The summed E-state index contributed by atoms with van der Waals surface area (Å²) in [4.78, 5) is 42.1. The van der Waals surface area contributed by atoms with Crippen LogP contribution in [0.1, 0.15) is 11.1 Å². The minimum absolute atomic E-state index is 0.112. The summed E-state index contributed by atoms with van der Waals surface area (Å²) < 4.78 is 13.2. The molecule has 0 aliphatic carbocycles. The smallest absolute Gasteiger partial charge is 0.263 e. The van der Waals surface area contributed by atoms with Gasteiger partial charge in [0, 0.05) is 5.02 Å². The van der Waals surface area contributed by atoms with Crippen molar-refractivity contribution in [3.63, 3.8) is 0 Å². The van der Waals surface area contributed by atoms with Crippen molar-refractivity contribution in [2.45, 2.75) is 13.2 Å². The Kier molecular flexibility index (Phi) is 4.78. The number of halogens is 2. The summed E-state index contributed by atoms with van der Waals surface area (Å²) in [7, 11) is 0. The maximum Gasteiger partial charge on any atom is 0.359 e. The van der Waals surface area contributed by atoms with Gasteiger partial charge in [0.2, 0.25) is 0 Å². The van der Waals surface area contributed by atoms with Gasteiger partial charge in [-0.3, -0.25) is 14.4 Å². The number of hydroxylamine groups is 2. The Hall–Kier alpha value is -2.77. The summed E-state index contributed by atoms with van der Waals surface area (Å²) in [6.07, 6.45) is 0. The first kappa shape index (κ1) is 17.1. The zero-order valence-electron chi connectivity index (χ0n) is 12.8. The average molecular weight is 363 g/mol. The predicted molar refractivity (Wildman–Crippen MR) is 85.4 cm³/mol. The minimum atomic E-state index is -1.09. The highest BCUT2D eigenvalue weighted by Gasteiger charge is 2.45. The molecule has 1 fully saturated rings. The fourth-order valence-electron chi connectivity index (χ4n) is 2.32. The van der Waals surface area contributed by atoms with Crippen LogP contribution < -0.4 is 0 Å². The molecule has 4 amide bonds. The Labute approximate surface area is 147 Å². The van der Waals surface area contributed by atoms with Crippen molar-refractivity contribution in [3.8, 4) is 0 Å². The molecule has 0 radical (unpaired) electrons. The molecule has 0 atom stereocenters. The van der Waals surface area contributed by atoms with E-state index in [0.717, 1.165) is 0 Å². The highest BCUT2D eigenvalue weighted by atomic mass is 35.5. The van der Waals surface area contributed by atoms with Gasteiger partial charge in [-0.05, 0) is 35.4 Å². The Morgan fingerprint density at radius 1 is 0.960 bits per heavy atom. The molecule has 0 unspecified atom stereocenters. The van der Waals surface area contributed by atoms with Crippen molar-refractivity contribution in [1.29, 1.82) is 0 Å². The molecule has 1 aliphatic rings. The molecule has 1 aliphatic heterocycles. The Bertz CT molecular complexity index is 858. The van der Waals surface area contributed by atoms with Crippen LogP contribution in [0.15, 0.2) is 48.5 Å². The van der Waals surface area contributed by atoms with E-state index in [2.05, 4.69) is 0 Å². The molecule has 25 heavy (non-hydrogen) atoms. The normalized spacial score (nSPS) is 14.6. The van der Waals surface area contributed by atoms with E-state index in [4.69, 9.17) is 16.4 Å². The van der Waals surface area contributed by atoms with E-state index in [1.54, 1.807) is 30.3 Å². The number of rotatable bonds is 5. The van der Waals surface area contributed by atoms with Gasteiger partial charge in [-0.1, -0.05) is 35.9 Å². The molecule has 0 bridgehead atoms. The SMILES string of the molecule is O=C1C(=O)N(OCc2cccc(Cl)c2)C(=O)N1Cc1cccc(F)c1. The van der Waals surface area contributed by atoms with Crippen molar-refractivity contribution >= 4 is 29.4 Å². The quantitative estimate of drug-likeness (QED) is 0.606. The van der Waals surface area contributed by atoms with Crippen LogP contribution in [-0.4, -0.2) is 27.8 Å². The molecule has 0 spiro atoms. The van der Waals surface area contributed by atoms with Gasteiger partial charge in [0.25, 0.3) is 0 Å². The predicted octanol–water partition coefficient (Wildman–Crippen LogP) is 2.90. The van der Waals surface area contributed by atoms with Gasteiger partial charge in [0.05, 0.1) is 6.54 Å². The minimum Gasteiger partial charge on any atom is -0.263 e. The monoisotopic (exact) mass is 362 g/mol. The van der Waals surface area contributed by atoms with Crippen LogP contribution >= 0.6 is 11.6 Å². The molecule has 0 N–H and O–H groups in total. The van der Waals surface area contributed by atoms with E-state index in [1.165, 1.54) is 18.2 Å². The van der Waals surface area contributed by atoms with Crippen LogP contribution in [0.25, 0.3) is 0 Å². The largest absolute Gasteiger partial charge is 0.359 e. The highest BCUT2D eigenvalue weighted by molar-refractivity contribution is 6.44. The maximum absolute atomic E-state index is 13.2. The molecular weight excluding hydrogens is 351 g/mol. The Morgan fingerprint density at radius 2 is 1.68 bits per heavy atom. The van der Waals surface area contributed by atoms with E-state index in [-0.39, 0.29) is 13.2 Å². The van der Waals surface area contributed by atoms with Crippen LogP contribution in [0.2, 0.25) is 5.02 Å². The molecule has 6 nitrogen and oxygen atoms in total. The van der Waals surface area contributed by atoms with Crippen molar-refractivity contribution in [3.05, 3.63) is 70.5 Å². The van der Waals surface area contributed by atoms with E-state index in [1.807, 2.05) is 0 Å². The number of carbonyl (C=O) groups excluding carboxylic acids is 3. The molecule has 0 aromatic heterocycles. The van der Waals surface area contributed by atoms with Crippen molar-refractivity contribution < 1.29 is 23.6 Å². The lowest BCUT2D eigenvalue weighted by Crippen LogP contribution is -2.33. The van der Waals surface area contributed by atoms with Crippen LogP contribution in [0.3, 0.4) is 0 Å². The van der Waals surface area contributed by atoms with Gasteiger partial charge in [-0.25, -0.2) is 14.1 Å². The van der Waals surface area contributed by atoms with Crippen LogP contribution in [0, 0.1) is 5.82 Å². The number of hydrogen-bond donors (Lipinski definition) is 0. The molecule has 3 rings (SSSR count). The van der Waals surface area contributed by atoms with Crippen molar-refractivity contribution in [2.75, 3.05) is 0 Å². The highest BCUT2D eigenvalue weighted by Crippen LogP contribution is 2.19. The number of amides is 4. The third-order valence-electron chi connectivity index (χ3n) is 3.50. The lowest BCUT2D eigenvalue weighted by Gasteiger charge is -2.15. The molecular formula is C17H12ClFN2O4. The van der Waals surface area contributed by atoms with Crippen LogP contribution in [0.5, 0.6) is 0 Å². The molecule has 0 saturated carbocycles. The molecule has 1 heterocycles. The van der Waals surface area contributed by atoms with Gasteiger partial charge in [0.1, 0.15) is 12.4 Å². The standard InChI is InChI=1S/C17H12ClFN2O4/c18-13-5-1-4-12(7-13)10-25-21-16(23)15(22)20(17(21)24)9-11-3-2-6-14(19)8-11/h1-8H,9-10H2. The van der Waals surface area contributed by atoms with Gasteiger partial charge in [-0.15, -0.1) is 5.06 Å². The summed E-state index contributed by atoms with van der Waals surface area (Å²) in [5.41, 5.74) is 1.01. The average Bonchev–Trinajstić information content (AvgIpc) is 2.77. The molecule has 128 valence electrons. The zero-order chi connectivity index (χ0) is 18.0. The third-order valence-corrected chi connectivity index (χ3v) is 3.73. The fourth-order valence-corrected chi connectivity index (χ4v) is 2.54. The first-order valence-corrected chi connectivity index (χ1v) is 7.65. The molecule has 8 heteroatoms. The van der Waals surface area contributed by atoms with Gasteiger partial charge >= 0.3 is 17.8 Å². The second-order valence-electron chi connectivity index (χ2n) is 5.31. The lowest BCUT2D eigenvalue weighted by atomic mass is 10.2. The molecule has 2 aromatic rings. The van der Waals surface area contributed by atoms with E-state index < -0.39 is 23.7 Å². The number of imide groups is 2. The first-order chi connectivity index (χ1) is 12.0. The van der Waals surface area contributed by atoms with Gasteiger partial charge in [0.15, 0.2) is 0 Å². The first-order valence-electron chi connectivity index (χ1n) is 7.27. The molecule has 2 aromatic carbocycles. The number of hydrogen-bond acceptors (Lipinski definition) is 4. The summed E-state index contributed by atoms with van der Waals surface area (Å²) in [5.74, 6) is -2.62. The fraction of sp³-hybridized carbons (Fsp3) is 0.118. The Morgan fingerprint density at radius 3 is 2.40 bits per heavy atom. The zero-order valence-corrected chi connectivity index (χ0v) is 13.6. The summed E-state index contributed by atoms with van der Waals surface area (Å²) in [6, 6.07) is 11.2. The maximum atomic E-state index is 13.2. The summed E-state index contributed by atoms with van der Waals surface area (Å²) in [6.45, 7) is -0.336. The van der Waals surface area contributed by atoms with Gasteiger partial charge < -0.3 is 0 Å². The van der Waals surface area contributed by atoms with Crippen molar-refractivity contribution in [1.82, 2.24) is 9.96 Å². The number of urea groups is 1. The van der Waals surface area contributed by atoms with Crippen LogP contribution in [-0.2, 0) is 27.6 Å². The number of nitrogens with zero attached hydrogens (tertiary/aromatic N) is 2. The number of carbonyl (C=O) groups is 3. The lowest BCUT2D eigenvalue weighted by molar-refractivity contribution is -0.169. The van der Waals surface area contributed by atoms with Crippen molar-refractivity contribution in [2.24, 2.45) is 0 Å².